The van der Waals surface area contributed by atoms with Gasteiger partial charge in [0.05, 0.1) is 6.54 Å². The highest BCUT2D eigenvalue weighted by Crippen LogP contribution is 2.20. The SMILES string of the molecule is NCC(=O)NCC1CCN(Cc2cccs2)CC1. The number of nitrogens with two attached hydrogens (primary N) is 1. The van der Waals surface area contributed by atoms with Gasteiger partial charge in [-0.15, -0.1) is 11.3 Å². The lowest BCUT2D eigenvalue weighted by Gasteiger charge is -2.31. The molecule has 1 aromatic heterocycles. The van der Waals surface area contributed by atoms with Crippen LogP contribution in [0.4, 0.5) is 0 Å². The second-order valence-electron chi connectivity index (χ2n) is 4.81. The topological polar surface area (TPSA) is 58.4 Å². The number of rotatable bonds is 5. The normalized spacial score (nSPS) is 17.8. The minimum atomic E-state index is -0.0454. The highest BCUT2D eigenvalue weighted by Gasteiger charge is 2.19. The number of nitrogens with zero attached hydrogens (tertiary/aromatic N) is 1. The molecule has 100 valence electrons. The zero-order valence-corrected chi connectivity index (χ0v) is 11.4. The molecule has 0 unspecified atom stereocenters. The number of amides is 1. The van der Waals surface area contributed by atoms with Crippen molar-refractivity contribution < 1.29 is 4.79 Å². The number of carbonyl (C=O) groups excluding carboxylic acids is 1. The molecule has 3 N–H and O–H groups in total. The van der Waals surface area contributed by atoms with Gasteiger partial charge in [0.1, 0.15) is 0 Å². The average Bonchev–Trinajstić information content (AvgIpc) is 2.90. The molecule has 1 aliphatic heterocycles. The predicted molar refractivity (Wildman–Crippen MR) is 74.4 cm³/mol. The summed E-state index contributed by atoms with van der Waals surface area (Å²) in [5, 5.41) is 5.01. The fourth-order valence-corrected chi connectivity index (χ4v) is 3.05. The Balaban J connectivity index is 1.66. The lowest BCUT2D eigenvalue weighted by molar-refractivity contribution is -0.120. The van der Waals surface area contributed by atoms with Crippen LogP contribution in [0.25, 0.3) is 0 Å². The number of hydrogen-bond acceptors (Lipinski definition) is 4. The van der Waals surface area contributed by atoms with E-state index in [9.17, 15) is 4.79 Å². The Morgan fingerprint density at radius 1 is 1.50 bits per heavy atom. The van der Waals surface area contributed by atoms with Gasteiger partial charge >= 0.3 is 0 Å². The molecule has 1 aliphatic rings. The molecule has 0 atom stereocenters. The van der Waals surface area contributed by atoms with E-state index in [0.29, 0.717) is 5.92 Å². The molecule has 2 heterocycles. The standard InChI is InChI=1S/C13H21N3OS/c14-8-13(17)15-9-11-3-5-16(6-4-11)10-12-2-1-7-18-12/h1-2,7,11H,3-6,8-10,14H2,(H,15,17). The molecule has 4 nitrogen and oxygen atoms in total. The van der Waals surface area contributed by atoms with Crippen LogP contribution in [0.1, 0.15) is 17.7 Å². The molecule has 2 rings (SSSR count). The van der Waals surface area contributed by atoms with Gasteiger partial charge in [-0.2, -0.15) is 0 Å². The average molecular weight is 267 g/mol. The molecule has 1 aromatic rings. The predicted octanol–water partition coefficient (Wildman–Crippen LogP) is 1.03. The van der Waals surface area contributed by atoms with Crippen molar-refractivity contribution in [3.05, 3.63) is 22.4 Å². The number of likely N-dealkylation sites (tertiary alicyclic amines) is 1. The molecule has 5 heteroatoms. The quantitative estimate of drug-likeness (QED) is 0.838. The first kappa shape index (κ1) is 13.5. The Labute approximate surface area is 112 Å². The third-order valence-corrected chi connectivity index (χ3v) is 4.30. The van der Waals surface area contributed by atoms with E-state index in [1.165, 1.54) is 4.88 Å². The lowest BCUT2D eigenvalue weighted by Crippen LogP contribution is -2.39. The Morgan fingerprint density at radius 3 is 2.89 bits per heavy atom. The first-order valence-electron chi connectivity index (χ1n) is 6.49. The summed E-state index contributed by atoms with van der Waals surface area (Å²) in [4.78, 5) is 15.0. The van der Waals surface area contributed by atoms with E-state index in [1.807, 2.05) is 11.3 Å². The molecule has 0 aromatic carbocycles. The number of piperidine rings is 1. The summed E-state index contributed by atoms with van der Waals surface area (Å²) in [5.74, 6) is 0.566. The third kappa shape index (κ3) is 4.08. The molecule has 1 saturated heterocycles. The van der Waals surface area contributed by atoms with E-state index < -0.39 is 0 Å². The van der Waals surface area contributed by atoms with Crippen molar-refractivity contribution >= 4 is 17.2 Å². The number of thiophene rings is 1. The van der Waals surface area contributed by atoms with Crippen LogP contribution in [0, 0.1) is 5.92 Å². The van der Waals surface area contributed by atoms with Crippen LogP contribution >= 0.6 is 11.3 Å². The van der Waals surface area contributed by atoms with Crippen LogP contribution in [0.3, 0.4) is 0 Å². The van der Waals surface area contributed by atoms with E-state index >= 15 is 0 Å². The molecule has 0 aliphatic carbocycles. The van der Waals surface area contributed by atoms with Crippen molar-refractivity contribution in [1.82, 2.24) is 10.2 Å². The van der Waals surface area contributed by atoms with E-state index in [2.05, 4.69) is 27.7 Å². The largest absolute Gasteiger partial charge is 0.355 e. The Kier molecular flexibility index (Phi) is 5.16. The first-order chi connectivity index (χ1) is 8.78. The molecule has 1 fully saturated rings. The Morgan fingerprint density at radius 2 is 2.28 bits per heavy atom. The number of carbonyl (C=O) groups is 1. The summed E-state index contributed by atoms with van der Waals surface area (Å²) in [7, 11) is 0. The second kappa shape index (κ2) is 6.87. The van der Waals surface area contributed by atoms with Gasteiger partial charge < -0.3 is 11.1 Å². The summed E-state index contributed by atoms with van der Waals surface area (Å²) in [6, 6.07) is 4.30. The van der Waals surface area contributed by atoms with Gasteiger partial charge in [-0.1, -0.05) is 6.07 Å². The molecule has 0 saturated carbocycles. The second-order valence-corrected chi connectivity index (χ2v) is 5.84. The number of hydrogen-bond donors (Lipinski definition) is 2. The van der Waals surface area contributed by atoms with E-state index in [1.54, 1.807) is 0 Å². The zero-order valence-electron chi connectivity index (χ0n) is 10.6. The molecule has 0 bridgehead atoms. The van der Waals surface area contributed by atoms with Crippen molar-refractivity contribution in [2.45, 2.75) is 19.4 Å². The Hall–Kier alpha value is -0.910. The molecule has 18 heavy (non-hydrogen) atoms. The van der Waals surface area contributed by atoms with Crippen molar-refractivity contribution in [2.24, 2.45) is 11.7 Å². The van der Waals surface area contributed by atoms with Crippen LogP contribution in [0.5, 0.6) is 0 Å². The Bertz CT molecular complexity index is 358. The summed E-state index contributed by atoms with van der Waals surface area (Å²) < 4.78 is 0. The van der Waals surface area contributed by atoms with Gasteiger partial charge in [0.15, 0.2) is 0 Å². The first-order valence-corrected chi connectivity index (χ1v) is 7.37. The monoisotopic (exact) mass is 267 g/mol. The zero-order chi connectivity index (χ0) is 12.8. The molecular formula is C13H21N3OS. The van der Waals surface area contributed by atoms with Gasteiger partial charge in [-0.25, -0.2) is 0 Å². The third-order valence-electron chi connectivity index (χ3n) is 3.44. The minimum Gasteiger partial charge on any atom is -0.355 e. The van der Waals surface area contributed by atoms with Gasteiger partial charge in [0, 0.05) is 18.0 Å². The maximum atomic E-state index is 11.1. The molecule has 0 spiro atoms. The highest BCUT2D eigenvalue weighted by molar-refractivity contribution is 7.09. The molecular weight excluding hydrogens is 246 g/mol. The van der Waals surface area contributed by atoms with E-state index in [0.717, 1.165) is 39.0 Å². The van der Waals surface area contributed by atoms with Gasteiger partial charge in [-0.05, 0) is 43.3 Å². The fraction of sp³-hybridized carbons (Fsp3) is 0.615. The van der Waals surface area contributed by atoms with Crippen molar-refractivity contribution in [1.29, 1.82) is 0 Å². The van der Waals surface area contributed by atoms with Crippen molar-refractivity contribution in [3.63, 3.8) is 0 Å². The van der Waals surface area contributed by atoms with E-state index in [4.69, 9.17) is 5.73 Å². The summed E-state index contributed by atoms with van der Waals surface area (Å²) in [6.07, 6.45) is 2.33. The summed E-state index contributed by atoms with van der Waals surface area (Å²) in [6.45, 7) is 4.20. The maximum absolute atomic E-state index is 11.1. The van der Waals surface area contributed by atoms with Gasteiger partial charge in [0.25, 0.3) is 0 Å². The fourth-order valence-electron chi connectivity index (χ4n) is 2.30. The van der Waals surface area contributed by atoms with Crippen LogP contribution in [-0.2, 0) is 11.3 Å². The van der Waals surface area contributed by atoms with Crippen molar-refractivity contribution in [2.75, 3.05) is 26.2 Å². The van der Waals surface area contributed by atoms with Crippen LogP contribution in [0.15, 0.2) is 17.5 Å². The lowest BCUT2D eigenvalue weighted by atomic mass is 9.97. The van der Waals surface area contributed by atoms with E-state index in [-0.39, 0.29) is 12.5 Å². The number of nitrogens with one attached hydrogen (secondary N) is 1. The summed E-state index contributed by atoms with van der Waals surface area (Å²) in [5.41, 5.74) is 5.27. The van der Waals surface area contributed by atoms with Crippen LogP contribution in [0.2, 0.25) is 0 Å². The van der Waals surface area contributed by atoms with Crippen molar-refractivity contribution in [3.8, 4) is 0 Å². The van der Waals surface area contributed by atoms with Crippen LogP contribution < -0.4 is 11.1 Å². The van der Waals surface area contributed by atoms with Crippen LogP contribution in [-0.4, -0.2) is 37.0 Å². The maximum Gasteiger partial charge on any atom is 0.233 e. The minimum absolute atomic E-state index is 0.0454. The molecule has 1 amide bonds. The highest BCUT2D eigenvalue weighted by atomic mass is 32.1. The summed E-state index contributed by atoms with van der Waals surface area (Å²) >= 11 is 1.82. The van der Waals surface area contributed by atoms with Gasteiger partial charge in [0.2, 0.25) is 5.91 Å². The van der Waals surface area contributed by atoms with Gasteiger partial charge in [-0.3, -0.25) is 9.69 Å². The smallest absolute Gasteiger partial charge is 0.233 e. The molecule has 0 radical (unpaired) electrons.